The normalized spacial score (nSPS) is 16.7. The standard InChI is InChI=1S/C18H27N3O2/c1-14-7-9-16(10-8-14)19-17(22)13-20(3)18(23)15(2)21-11-5-4-6-12-21/h7-10,15H,4-6,11-13H2,1-3H3,(H,19,22). The molecular formula is C18H27N3O2. The average Bonchev–Trinajstić information content (AvgIpc) is 2.56. The maximum atomic E-state index is 12.5. The predicted molar refractivity (Wildman–Crippen MR) is 92.3 cm³/mol. The van der Waals surface area contributed by atoms with E-state index in [1.807, 2.05) is 38.1 Å². The lowest BCUT2D eigenvalue weighted by Crippen LogP contribution is -2.49. The molecule has 0 saturated carbocycles. The average molecular weight is 317 g/mol. The zero-order valence-corrected chi connectivity index (χ0v) is 14.3. The van der Waals surface area contributed by atoms with Crippen LogP contribution in [0, 0.1) is 6.92 Å². The van der Waals surface area contributed by atoms with E-state index in [1.54, 1.807) is 7.05 Å². The van der Waals surface area contributed by atoms with E-state index in [0.29, 0.717) is 0 Å². The summed E-state index contributed by atoms with van der Waals surface area (Å²) >= 11 is 0. The van der Waals surface area contributed by atoms with Crippen molar-refractivity contribution in [2.24, 2.45) is 0 Å². The molecule has 1 saturated heterocycles. The van der Waals surface area contributed by atoms with Gasteiger partial charge in [0.15, 0.2) is 0 Å². The number of likely N-dealkylation sites (N-methyl/N-ethyl adjacent to an activating group) is 1. The molecule has 5 heteroatoms. The molecule has 126 valence electrons. The van der Waals surface area contributed by atoms with Crippen LogP contribution in [0.3, 0.4) is 0 Å². The highest BCUT2D eigenvalue weighted by atomic mass is 16.2. The molecule has 0 bridgehead atoms. The van der Waals surface area contributed by atoms with Gasteiger partial charge in [-0.15, -0.1) is 0 Å². The first-order valence-electron chi connectivity index (χ1n) is 8.33. The van der Waals surface area contributed by atoms with Crippen LogP contribution in [-0.4, -0.2) is 54.3 Å². The predicted octanol–water partition coefficient (Wildman–Crippen LogP) is 2.27. The number of hydrogen-bond donors (Lipinski definition) is 1. The van der Waals surface area contributed by atoms with E-state index in [0.717, 1.165) is 37.2 Å². The zero-order valence-electron chi connectivity index (χ0n) is 14.3. The summed E-state index contributed by atoms with van der Waals surface area (Å²) in [4.78, 5) is 28.3. The second-order valence-electron chi connectivity index (χ2n) is 6.38. The summed E-state index contributed by atoms with van der Waals surface area (Å²) in [7, 11) is 1.69. The van der Waals surface area contributed by atoms with Crippen molar-refractivity contribution in [3.05, 3.63) is 29.8 Å². The Hall–Kier alpha value is -1.88. The molecule has 0 radical (unpaired) electrons. The maximum Gasteiger partial charge on any atom is 0.243 e. The van der Waals surface area contributed by atoms with E-state index in [-0.39, 0.29) is 24.4 Å². The van der Waals surface area contributed by atoms with E-state index in [2.05, 4.69) is 10.2 Å². The summed E-state index contributed by atoms with van der Waals surface area (Å²) in [6.45, 7) is 5.94. The zero-order chi connectivity index (χ0) is 16.8. The number of aryl methyl sites for hydroxylation is 1. The van der Waals surface area contributed by atoms with Crippen LogP contribution in [-0.2, 0) is 9.59 Å². The number of rotatable bonds is 5. The van der Waals surface area contributed by atoms with Crippen LogP contribution in [0.4, 0.5) is 5.69 Å². The van der Waals surface area contributed by atoms with Crippen molar-refractivity contribution in [1.82, 2.24) is 9.80 Å². The van der Waals surface area contributed by atoms with Crippen LogP contribution >= 0.6 is 0 Å². The van der Waals surface area contributed by atoms with Crippen molar-refractivity contribution in [2.45, 2.75) is 39.2 Å². The number of hydrogen-bond acceptors (Lipinski definition) is 3. The molecule has 1 aliphatic heterocycles. The summed E-state index contributed by atoms with van der Waals surface area (Å²) in [5.74, 6) is -0.165. The number of nitrogens with one attached hydrogen (secondary N) is 1. The smallest absolute Gasteiger partial charge is 0.243 e. The van der Waals surface area contributed by atoms with Crippen LogP contribution in [0.5, 0.6) is 0 Å². The van der Waals surface area contributed by atoms with Crippen LogP contribution < -0.4 is 5.32 Å². The Kier molecular flexibility index (Phi) is 6.16. The van der Waals surface area contributed by atoms with Crippen LogP contribution in [0.15, 0.2) is 24.3 Å². The molecule has 5 nitrogen and oxygen atoms in total. The van der Waals surface area contributed by atoms with Crippen molar-refractivity contribution >= 4 is 17.5 Å². The lowest BCUT2D eigenvalue weighted by Gasteiger charge is -2.33. The number of anilines is 1. The molecule has 2 amide bonds. The Bertz CT molecular complexity index is 536. The minimum atomic E-state index is -0.171. The van der Waals surface area contributed by atoms with E-state index >= 15 is 0 Å². The lowest BCUT2D eigenvalue weighted by atomic mass is 10.1. The Morgan fingerprint density at radius 3 is 2.39 bits per heavy atom. The lowest BCUT2D eigenvalue weighted by molar-refractivity contribution is -0.138. The van der Waals surface area contributed by atoms with Gasteiger partial charge in [-0.1, -0.05) is 24.1 Å². The summed E-state index contributed by atoms with van der Waals surface area (Å²) in [5, 5.41) is 2.83. The third-order valence-corrected chi connectivity index (χ3v) is 4.39. The van der Waals surface area contributed by atoms with Gasteiger partial charge in [0.05, 0.1) is 12.6 Å². The molecule has 1 heterocycles. The number of carbonyl (C=O) groups excluding carboxylic acids is 2. The third-order valence-electron chi connectivity index (χ3n) is 4.39. The summed E-state index contributed by atoms with van der Waals surface area (Å²) in [6, 6.07) is 7.47. The van der Waals surface area contributed by atoms with Crippen LogP contribution in [0.25, 0.3) is 0 Å². The molecule has 2 rings (SSSR count). The highest BCUT2D eigenvalue weighted by Crippen LogP contribution is 2.13. The molecule has 0 spiro atoms. The monoisotopic (exact) mass is 317 g/mol. The molecule has 1 fully saturated rings. The molecule has 0 aliphatic carbocycles. The van der Waals surface area contributed by atoms with Crippen molar-refractivity contribution in [2.75, 3.05) is 32.0 Å². The fraction of sp³-hybridized carbons (Fsp3) is 0.556. The van der Waals surface area contributed by atoms with Gasteiger partial charge in [-0.3, -0.25) is 14.5 Å². The van der Waals surface area contributed by atoms with E-state index in [1.165, 1.54) is 11.3 Å². The van der Waals surface area contributed by atoms with Gasteiger partial charge in [-0.2, -0.15) is 0 Å². The molecule has 23 heavy (non-hydrogen) atoms. The quantitative estimate of drug-likeness (QED) is 0.906. The van der Waals surface area contributed by atoms with Crippen molar-refractivity contribution in [1.29, 1.82) is 0 Å². The molecule has 1 N–H and O–H groups in total. The van der Waals surface area contributed by atoms with Gasteiger partial charge in [0, 0.05) is 12.7 Å². The molecule has 1 atom stereocenters. The molecule has 1 aliphatic rings. The minimum absolute atomic E-state index is 0.00551. The third kappa shape index (κ3) is 5.06. The number of amides is 2. The second kappa shape index (κ2) is 8.11. The topological polar surface area (TPSA) is 52.7 Å². The van der Waals surface area contributed by atoms with Crippen LogP contribution in [0.2, 0.25) is 0 Å². The second-order valence-corrected chi connectivity index (χ2v) is 6.38. The first-order chi connectivity index (χ1) is 11.0. The summed E-state index contributed by atoms with van der Waals surface area (Å²) in [5.41, 5.74) is 1.90. The molecule has 0 aromatic heterocycles. The van der Waals surface area contributed by atoms with Gasteiger partial charge in [-0.05, 0) is 51.9 Å². The van der Waals surface area contributed by atoms with E-state index in [4.69, 9.17) is 0 Å². The Morgan fingerprint density at radius 2 is 1.78 bits per heavy atom. The van der Waals surface area contributed by atoms with E-state index < -0.39 is 0 Å². The number of carbonyl (C=O) groups is 2. The number of nitrogens with zero attached hydrogens (tertiary/aromatic N) is 2. The molecule has 1 aromatic rings. The van der Waals surface area contributed by atoms with Gasteiger partial charge in [0.2, 0.25) is 11.8 Å². The summed E-state index contributed by atoms with van der Waals surface area (Å²) in [6.07, 6.45) is 3.54. The van der Waals surface area contributed by atoms with Gasteiger partial charge >= 0.3 is 0 Å². The fourth-order valence-corrected chi connectivity index (χ4v) is 2.91. The maximum absolute atomic E-state index is 12.5. The number of benzene rings is 1. The Balaban J connectivity index is 1.84. The van der Waals surface area contributed by atoms with Crippen molar-refractivity contribution in [3.63, 3.8) is 0 Å². The number of likely N-dealkylation sites (tertiary alicyclic amines) is 1. The molecule has 1 aromatic carbocycles. The van der Waals surface area contributed by atoms with Crippen molar-refractivity contribution in [3.8, 4) is 0 Å². The molecule has 1 unspecified atom stereocenters. The van der Waals surface area contributed by atoms with Crippen LogP contribution in [0.1, 0.15) is 31.7 Å². The van der Waals surface area contributed by atoms with Gasteiger partial charge in [-0.25, -0.2) is 0 Å². The molecular weight excluding hydrogens is 290 g/mol. The first-order valence-corrected chi connectivity index (χ1v) is 8.33. The number of piperidine rings is 1. The van der Waals surface area contributed by atoms with Gasteiger partial charge < -0.3 is 10.2 Å². The van der Waals surface area contributed by atoms with Crippen molar-refractivity contribution < 1.29 is 9.59 Å². The highest BCUT2D eigenvalue weighted by Gasteiger charge is 2.26. The first kappa shape index (κ1) is 17.5. The highest BCUT2D eigenvalue weighted by molar-refractivity contribution is 5.95. The largest absolute Gasteiger partial charge is 0.335 e. The summed E-state index contributed by atoms with van der Waals surface area (Å²) < 4.78 is 0. The fourth-order valence-electron chi connectivity index (χ4n) is 2.91. The van der Waals surface area contributed by atoms with Gasteiger partial charge in [0.25, 0.3) is 0 Å². The SMILES string of the molecule is Cc1ccc(NC(=O)CN(C)C(=O)C(C)N2CCCCC2)cc1. The minimum Gasteiger partial charge on any atom is -0.335 e. The Morgan fingerprint density at radius 1 is 1.17 bits per heavy atom. The Labute approximate surface area is 138 Å². The van der Waals surface area contributed by atoms with Gasteiger partial charge in [0.1, 0.15) is 0 Å². The van der Waals surface area contributed by atoms with E-state index in [9.17, 15) is 9.59 Å².